The Labute approximate surface area is 245 Å². The molecule has 0 fully saturated rings. The molecule has 0 radical (unpaired) electrons. The highest BCUT2D eigenvalue weighted by Gasteiger charge is 2.22. The predicted octanol–water partition coefficient (Wildman–Crippen LogP) is 4.62. The van der Waals surface area contributed by atoms with Crippen molar-refractivity contribution < 1.29 is 22.3 Å². The number of carbonyl (C=O) groups is 1. The summed E-state index contributed by atoms with van der Waals surface area (Å²) in [5.41, 5.74) is 2.47. The number of rotatable bonds is 12. The highest BCUT2D eigenvalue weighted by atomic mass is 32.2. The van der Waals surface area contributed by atoms with Gasteiger partial charge >= 0.3 is 0 Å². The third kappa shape index (κ3) is 6.89. The number of nitrogens with zero attached hydrogens (tertiary/aromatic N) is 3. The first-order valence-electron chi connectivity index (χ1n) is 13.5. The molecule has 0 spiro atoms. The second-order valence-electron chi connectivity index (χ2n) is 10.6. The maximum absolute atomic E-state index is 13.8. The van der Waals surface area contributed by atoms with Crippen molar-refractivity contribution in [1.29, 1.82) is 0 Å². The number of methoxy groups -OCH3 is 1. The minimum Gasteiger partial charge on any atom is -0.383 e. The highest BCUT2D eigenvalue weighted by Crippen LogP contribution is 2.30. The summed E-state index contributed by atoms with van der Waals surface area (Å²) in [7, 11) is 3.67. The van der Waals surface area contributed by atoms with Crippen molar-refractivity contribution in [2.75, 3.05) is 56.9 Å². The van der Waals surface area contributed by atoms with Gasteiger partial charge in [0.25, 0.3) is 5.91 Å². The zero-order valence-corrected chi connectivity index (χ0v) is 25.4. The molecule has 224 valence electrons. The molecule has 0 aliphatic heterocycles. The third-order valence-electron chi connectivity index (χ3n) is 6.95. The Morgan fingerprint density at radius 3 is 2.48 bits per heavy atom. The Balaban J connectivity index is 1.66. The van der Waals surface area contributed by atoms with Gasteiger partial charge in [0.05, 0.1) is 27.5 Å². The molecule has 3 aromatic carbocycles. The van der Waals surface area contributed by atoms with Crippen LogP contribution in [0, 0.1) is 5.82 Å². The smallest absolute Gasteiger partial charge is 0.258 e. The first-order chi connectivity index (χ1) is 19.9. The van der Waals surface area contributed by atoms with Crippen LogP contribution in [0.5, 0.6) is 0 Å². The van der Waals surface area contributed by atoms with E-state index in [1.165, 1.54) is 30.3 Å². The number of sulfone groups is 1. The number of anilines is 3. The lowest BCUT2D eigenvalue weighted by Crippen LogP contribution is -2.37. The second kappa shape index (κ2) is 12.9. The quantitative estimate of drug-likeness (QED) is 0.217. The summed E-state index contributed by atoms with van der Waals surface area (Å²) in [6, 6.07) is 14.9. The average molecular weight is 597 g/mol. The number of aromatic amines is 1. The van der Waals surface area contributed by atoms with E-state index in [-0.39, 0.29) is 27.7 Å². The monoisotopic (exact) mass is 596 g/mol. The van der Waals surface area contributed by atoms with Crippen LogP contribution in [0.25, 0.3) is 10.9 Å². The largest absolute Gasteiger partial charge is 0.383 e. The third-order valence-corrected chi connectivity index (χ3v) is 8.70. The van der Waals surface area contributed by atoms with E-state index in [0.29, 0.717) is 28.8 Å². The van der Waals surface area contributed by atoms with Crippen LogP contribution in [-0.4, -0.2) is 82.9 Å². The fraction of sp³-hybridized carbons (Fsp3) is 0.333. The van der Waals surface area contributed by atoms with Gasteiger partial charge in [-0.15, -0.1) is 0 Å². The van der Waals surface area contributed by atoms with Crippen LogP contribution in [0.1, 0.15) is 24.2 Å². The van der Waals surface area contributed by atoms with Gasteiger partial charge in [0.15, 0.2) is 5.82 Å². The van der Waals surface area contributed by atoms with Crippen molar-refractivity contribution >= 4 is 43.8 Å². The standard InChI is InChI=1S/C30H37FN6O4S/c1-19(18-41-6)32-28-15-22(37(5)20(2)17-36(3)4)10-12-25(28)30(38)33-29-26-16-24(11-13-27(26)34-35-29)42(39,40)23-9-7-8-21(31)14-23/h7-16,19-20,32H,17-18H2,1-6H3,(H2,33,34,35,38)/t19-,20?/m1/s1. The zero-order chi connectivity index (χ0) is 30.6. The van der Waals surface area contributed by atoms with Crippen LogP contribution in [-0.2, 0) is 14.6 Å². The Morgan fingerprint density at radius 2 is 1.79 bits per heavy atom. The highest BCUT2D eigenvalue weighted by molar-refractivity contribution is 7.91. The van der Waals surface area contributed by atoms with Gasteiger partial charge in [-0.2, -0.15) is 5.10 Å². The Hall–Kier alpha value is -4.00. The first-order valence-corrected chi connectivity index (χ1v) is 15.0. The number of carbonyl (C=O) groups excluding carboxylic acids is 1. The maximum atomic E-state index is 13.8. The van der Waals surface area contributed by atoms with Crippen molar-refractivity contribution in [3.05, 3.63) is 72.0 Å². The molecule has 4 rings (SSSR count). The summed E-state index contributed by atoms with van der Waals surface area (Å²) in [5, 5.41) is 13.6. The van der Waals surface area contributed by atoms with Gasteiger partial charge in [-0.3, -0.25) is 9.89 Å². The van der Waals surface area contributed by atoms with Crippen LogP contribution in [0.2, 0.25) is 0 Å². The van der Waals surface area contributed by atoms with Crippen molar-refractivity contribution in [1.82, 2.24) is 15.1 Å². The lowest BCUT2D eigenvalue weighted by molar-refractivity contribution is 0.102. The van der Waals surface area contributed by atoms with Crippen molar-refractivity contribution in [2.24, 2.45) is 0 Å². The van der Waals surface area contributed by atoms with E-state index < -0.39 is 21.6 Å². The number of hydrogen-bond acceptors (Lipinski definition) is 8. The lowest BCUT2D eigenvalue weighted by atomic mass is 10.1. The molecule has 1 unspecified atom stereocenters. The minimum atomic E-state index is -4.01. The fourth-order valence-electron chi connectivity index (χ4n) is 4.73. The summed E-state index contributed by atoms with van der Waals surface area (Å²) in [5.74, 6) is -0.908. The molecule has 4 aromatic rings. The van der Waals surface area contributed by atoms with Crippen molar-refractivity contribution in [2.45, 2.75) is 35.7 Å². The number of fused-ring (bicyclic) bond motifs is 1. The van der Waals surface area contributed by atoms with Gasteiger partial charge in [0.1, 0.15) is 5.82 Å². The van der Waals surface area contributed by atoms with Crippen LogP contribution in [0.3, 0.4) is 0 Å². The van der Waals surface area contributed by atoms with Crippen LogP contribution in [0.15, 0.2) is 70.5 Å². The van der Waals surface area contributed by atoms with Crippen molar-refractivity contribution in [3.63, 3.8) is 0 Å². The van der Waals surface area contributed by atoms with E-state index in [1.54, 1.807) is 19.2 Å². The molecule has 1 aromatic heterocycles. The van der Waals surface area contributed by atoms with Crippen LogP contribution in [0.4, 0.5) is 21.6 Å². The summed E-state index contributed by atoms with van der Waals surface area (Å²) >= 11 is 0. The summed E-state index contributed by atoms with van der Waals surface area (Å²) in [6.07, 6.45) is 0. The number of likely N-dealkylation sites (N-methyl/N-ethyl adjacent to an activating group) is 2. The zero-order valence-electron chi connectivity index (χ0n) is 24.6. The van der Waals surface area contributed by atoms with Gasteiger partial charge in [-0.1, -0.05) is 6.07 Å². The summed E-state index contributed by atoms with van der Waals surface area (Å²) in [6.45, 7) is 5.38. The topological polar surface area (TPSA) is 120 Å². The molecule has 0 saturated heterocycles. The molecule has 0 saturated carbocycles. The Kier molecular flexibility index (Phi) is 9.50. The van der Waals surface area contributed by atoms with E-state index in [2.05, 4.69) is 37.6 Å². The van der Waals surface area contributed by atoms with E-state index >= 15 is 0 Å². The van der Waals surface area contributed by atoms with Crippen LogP contribution >= 0.6 is 0 Å². The Bertz CT molecular complexity index is 1670. The number of hydrogen-bond donors (Lipinski definition) is 3. The molecule has 12 heteroatoms. The minimum absolute atomic E-state index is 0.0486. The molecule has 3 N–H and O–H groups in total. The number of nitrogens with one attached hydrogen (secondary N) is 3. The molecule has 2 atom stereocenters. The molecule has 42 heavy (non-hydrogen) atoms. The summed E-state index contributed by atoms with van der Waals surface area (Å²) in [4.78, 5) is 17.7. The van der Waals surface area contributed by atoms with Gasteiger partial charge in [0, 0.05) is 49.5 Å². The molecule has 0 aliphatic rings. The molecule has 10 nitrogen and oxygen atoms in total. The number of ether oxygens (including phenoxy) is 1. The SMILES string of the molecule is COC[C@@H](C)Nc1cc(N(C)C(C)CN(C)C)ccc1C(=O)Nc1n[nH]c2ccc(S(=O)(=O)c3cccc(F)c3)cc12. The number of benzene rings is 3. The van der Waals surface area contributed by atoms with Gasteiger partial charge < -0.3 is 25.2 Å². The molecule has 1 amide bonds. The number of halogens is 1. The predicted molar refractivity (Wildman–Crippen MR) is 164 cm³/mol. The fourth-order valence-corrected chi connectivity index (χ4v) is 6.05. The van der Waals surface area contributed by atoms with E-state index in [1.807, 2.05) is 40.2 Å². The first kappa shape index (κ1) is 30.9. The molecule has 0 bridgehead atoms. The summed E-state index contributed by atoms with van der Waals surface area (Å²) < 4.78 is 45.4. The number of amides is 1. The Morgan fingerprint density at radius 1 is 1.05 bits per heavy atom. The number of aromatic nitrogens is 2. The molecule has 0 aliphatic carbocycles. The molecular formula is C30H37FN6O4S. The average Bonchev–Trinajstić information content (AvgIpc) is 3.34. The van der Waals surface area contributed by atoms with E-state index in [9.17, 15) is 17.6 Å². The maximum Gasteiger partial charge on any atom is 0.258 e. The van der Waals surface area contributed by atoms with Gasteiger partial charge in [-0.25, -0.2) is 12.8 Å². The van der Waals surface area contributed by atoms with E-state index in [4.69, 9.17) is 4.74 Å². The number of H-pyrrole nitrogens is 1. The molecule has 1 heterocycles. The normalized spacial score (nSPS) is 13.2. The van der Waals surface area contributed by atoms with Crippen LogP contribution < -0.4 is 15.5 Å². The second-order valence-corrected chi connectivity index (χ2v) is 12.6. The van der Waals surface area contributed by atoms with E-state index in [0.717, 1.165) is 18.3 Å². The molecular weight excluding hydrogens is 559 g/mol. The van der Waals surface area contributed by atoms with Crippen molar-refractivity contribution in [3.8, 4) is 0 Å². The van der Waals surface area contributed by atoms with Gasteiger partial charge in [-0.05, 0) is 82.5 Å². The lowest BCUT2D eigenvalue weighted by Gasteiger charge is -2.30. The van der Waals surface area contributed by atoms with Gasteiger partial charge in [0.2, 0.25) is 9.84 Å².